The summed E-state index contributed by atoms with van der Waals surface area (Å²) >= 11 is 0. The molecule has 2 aromatic rings. The lowest BCUT2D eigenvalue weighted by molar-refractivity contribution is 0.0935. The van der Waals surface area contributed by atoms with Crippen molar-refractivity contribution in [3.63, 3.8) is 0 Å². The predicted molar refractivity (Wildman–Crippen MR) is 76.9 cm³/mol. The van der Waals surface area contributed by atoms with Gasteiger partial charge in [0.15, 0.2) is 0 Å². The Balaban J connectivity index is 2.21. The molecule has 1 atom stereocenters. The normalized spacial score (nSPS) is 13.6. The predicted octanol–water partition coefficient (Wildman–Crippen LogP) is 3.73. The highest BCUT2D eigenvalue weighted by atomic mass is 16.5. The van der Waals surface area contributed by atoms with Crippen LogP contribution in [-0.2, 0) is 0 Å². The summed E-state index contributed by atoms with van der Waals surface area (Å²) in [5.41, 5.74) is 5.60. The molecular formula is C16H21NO. The van der Waals surface area contributed by atoms with Gasteiger partial charge in [-0.3, -0.25) is 0 Å². The number of hydrogen-bond donors (Lipinski definition) is 1. The molecule has 0 radical (unpaired) electrons. The van der Waals surface area contributed by atoms with Gasteiger partial charge in [0.1, 0.15) is 11.4 Å². The van der Waals surface area contributed by atoms with Gasteiger partial charge >= 0.3 is 0 Å². The molecule has 0 heterocycles. The second-order valence-electron chi connectivity index (χ2n) is 5.55. The van der Waals surface area contributed by atoms with Crippen LogP contribution in [0.1, 0.15) is 27.2 Å². The van der Waals surface area contributed by atoms with Gasteiger partial charge in [0.2, 0.25) is 0 Å². The van der Waals surface area contributed by atoms with E-state index in [0.717, 1.165) is 12.2 Å². The van der Waals surface area contributed by atoms with E-state index in [4.69, 9.17) is 10.5 Å². The lowest BCUT2D eigenvalue weighted by Gasteiger charge is -2.28. The Kier molecular flexibility index (Phi) is 3.58. The van der Waals surface area contributed by atoms with Crippen LogP contribution in [-0.4, -0.2) is 11.6 Å². The standard InChI is InChI=1S/C16H21NO/c1-12(17)11-16(2,3)18-15-9-8-13-6-4-5-7-14(13)10-15/h4-10,12H,11,17H2,1-3H3. The van der Waals surface area contributed by atoms with E-state index >= 15 is 0 Å². The molecule has 1 unspecified atom stereocenters. The van der Waals surface area contributed by atoms with E-state index in [1.54, 1.807) is 0 Å². The minimum absolute atomic E-state index is 0.139. The molecule has 2 N–H and O–H groups in total. The van der Waals surface area contributed by atoms with Gasteiger partial charge < -0.3 is 10.5 Å². The Morgan fingerprint density at radius 3 is 2.44 bits per heavy atom. The second-order valence-corrected chi connectivity index (χ2v) is 5.55. The van der Waals surface area contributed by atoms with Crippen molar-refractivity contribution in [1.82, 2.24) is 0 Å². The van der Waals surface area contributed by atoms with Crippen LogP contribution in [0.5, 0.6) is 5.75 Å². The molecule has 0 amide bonds. The van der Waals surface area contributed by atoms with Gasteiger partial charge in [0, 0.05) is 12.5 Å². The molecule has 2 nitrogen and oxygen atoms in total. The zero-order chi connectivity index (χ0) is 13.2. The number of nitrogens with two attached hydrogens (primary N) is 1. The minimum Gasteiger partial charge on any atom is -0.488 e. The van der Waals surface area contributed by atoms with Crippen LogP contribution >= 0.6 is 0 Å². The molecule has 0 fully saturated rings. The van der Waals surface area contributed by atoms with Gasteiger partial charge in [-0.15, -0.1) is 0 Å². The van der Waals surface area contributed by atoms with Crippen molar-refractivity contribution in [3.8, 4) is 5.75 Å². The fraction of sp³-hybridized carbons (Fsp3) is 0.375. The number of hydrogen-bond acceptors (Lipinski definition) is 2. The summed E-state index contributed by atoms with van der Waals surface area (Å²) in [6.07, 6.45) is 0.833. The molecular weight excluding hydrogens is 222 g/mol. The van der Waals surface area contributed by atoms with Crippen LogP contribution in [0.4, 0.5) is 0 Å². The molecule has 0 aliphatic heterocycles. The number of fused-ring (bicyclic) bond motifs is 1. The summed E-state index contributed by atoms with van der Waals surface area (Å²) in [5.74, 6) is 0.902. The van der Waals surface area contributed by atoms with Gasteiger partial charge in [-0.1, -0.05) is 30.3 Å². The van der Waals surface area contributed by atoms with Crippen LogP contribution in [0.15, 0.2) is 42.5 Å². The first-order valence-corrected chi connectivity index (χ1v) is 6.40. The Morgan fingerprint density at radius 2 is 1.78 bits per heavy atom. The summed E-state index contributed by atoms with van der Waals surface area (Å²) in [7, 11) is 0. The van der Waals surface area contributed by atoms with Crippen molar-refractivity contribution < 1.29 is 4.74 Å². The molecule has 2 rings (SSSR count). The summed E-state index contributed by atoms with van der Waals surface area (Å²) < 4.78 is 6.04. The molecule has 0 aromatic heterocycles. The van der Waals surface area contributed by atoms with Crippen LogP contribution in [0.25, 0.3) is 10.8 Å². The lowest BCUT2D eigenvalue weighted by atomic mass is 10.00. The van der Waals surface area contributed by atoms with Crippen molar-refractivity contribution in [2.45, 2.75) is 38.8 Å². The zero-order valence-corrected chi connectivity index (χ0v) is 11.3. The monoisotopic (exact) mass is 243 g/mol. The Labute approximate surface area is 109 Å². The summed E-state index contributed by atoms with van der Waals surface area (Å²) in [6.45, 7) is 6.16. The van der Waals surface area contributed by atoms with Crippen LogP contribution in [0.3, 0.4) is 0 Å². The molecule has 18 heavy (non-hydrogen) atoms. The van der Waals surface area contributed by atoms with E-state index in [1.807, 2.05) is 25.1 Å². The average molecular weight is 243 g/mol. The Morgan fingerprint density at radius 1 is 1.11 bits per heavy atom. The molecule has 2 heteroatoms. The molecule has 0 saturated heterocycles. The fourth-order valence-electron chi connectivity index (χ4n) is 2.37. The van der Waals surface area contributed by atoms with E-state index in [1.165, 1.54) is 10.8 Å². The SMILES string of the molecule is CC(N)CC(C)(C)Oc1ccc2ccccc2c1. The van der Waals surface area contributed by atoms with E-state index in [-0.39, 0.29) is 11.6 Å². The largest absolute Gasteiger partial charge is 0.488 e. The highest BCUT2D eigenvalue weighted by molar-refractivity contribution is 5.83. The van der Waals surface area contributed by atoms with E-state index < -0.39 is 0 Å². The maximum Gasteiger partial charge on any atom is 0.120 e. The van der Waals surface area contributed by atoms with Crippen LogP contribution in [0.2, 0.25) is 0 Å². The van der Waals surface area contributed by atoms with Crippen molar-refractivity contribution in [2.24, 2.45) is 5.73 Å². The number of ether oxygens (including phenoxy) is 1. The van der Waals surface area contributed by atoms with Crippen molar-refractivity contribution >= 4 is 10.8 Å². The van der Waals surface area contributed by atoms with Gasteiger partial charge in [-0.2, -0.15) is 0 Å². The third-order valence-corrected chi connectivity index (χ3v) is 2.93. The van der Waals surface area contributed by atoms with Crippen LogP contribution in [0, 0.1) is 0 Å². The van der Waals surface area contributed by atoms with Gasteiger partial charge in [0.05, 0.1) is 0 Å². The first-order valence-electron chi connectivity index (χ1n) is 6.40. The van der Waals surface area contributed by atoms with Crippen LogP contribution < -0.4 is 10.5 Å². The summed E-state index contributed by atoms with van der Waals surface area (Å²) in [5, 5.41) is 2.43. The summed E-state index contributed by atoms with van der Waals surface area (Å²) in [4.78, 5) is 0. The zero-order valence-electron chi connectivity index (χ0n) is 11.3. The third-order valence-electron chi connectivity index (χ3n) is 2.93. The Bertz CT molecular complexity index is 531. The molecule has 0 aliphatic carbocycles. The van der Waals surface area contributed by atoms with E-state index in [2.05, 4.69) is 38.1 Å². The van der Waals surface area contributed by atoms with Gasteiger partial charge in [-0.25, -0.2) is 0 Å². The van der Waals surface area contributed by atoms with Gasteiger partial charge in [0.25, 0.3) is 0 Å². The average Bonchev–Trinajstić information content (AvgIpc) is 2.26. The lowest BCUT2D eigenvalue weighted by Crippen LogP contribution is -2.35. The first kappa shape index (κ1) is 12.9. The molecule has 2 aromatic carbocycles. The Hall–Kier alpha value is -1.54. The molecule has 0 saturated carbocycles. The topological polar surface area (TPSA) is 35.2 Å². The highest BCUT2D eigenvalue weighted by Gasteiger charge is 2.21. The van der Waals surface area contributed by atoms with Crippen molar-refractivity contribution in [3.05, 3.63) is 42.5 Å². The van der Waals surface area contributed by atoms with E-state index in [9.17, 15) is 0 Å². The third kappa shape index (κ3) is 3.23. The minimum atomic E-state index is -0.239. The molecule has 0 bridgehead atoms. The van der Waals surface area contributed by atoms with Gasteiger partial charge in [-0.05, 0) is 43.7 Å². The quantitative estimate of drug-likeness (QED) is 0.888. The van der Waals surface area contributed by atoms with E-state index in [0.29, 0.717) is 0 Å². The number of rotatable bonds is 4. The molecule has 0 spiro atoms. The smallest absolute Gasteiger partial charge is 0.120 e. The van der Waals surface area contributed by atoms with Crippen molar-refractivity contribution in [1.29, 1.82) is 0 Å². The molecule has 0 aliphatic rings. The maximum atomic E-state index is 6.04. The highest BCUT2D eigenvalue weighted by Crippen LogP contribution is 2.25. The first-order chi connectivity index (χ1) is 8.46. The second kappa shape index (κ2) is 4.99. The van der Waals surface area contributed by atoms with Crippen molar-refractivity contribution in [2.75, 3.05) is 0 Å². The maximum absolute atomic E-state index is 6.04. The summed E-state index contributed by atoms with van der Waals surface area (Å²) in [6, 6.07) is 14.6. The fourth-order valence-corrected chi connectivity index (χ4v) is 2.37. The number of benzene rings is 2. The molecule has 96 valence electrons.